The van der Waals surface area contributed by atoms with Crippen LogP contribution in [-0.4, -0.2) is 72.3 Å². The Bertz CT molecular complexity index is 1850. The van der Waals surface area contributed by atoms with Gasteiger partial charge in [0, 0.05) is 45.4 Å². The third-order valence-electron chi connectivity index (χ3n) is 7.35. The fourth-order valence-corrected chi connectivity index (χ4v) is 6.04. The molecule has 0 unspecified atom stereocenters. The molecular weight excluding hydrogens is 629 g/mol. The zero-order valence-electron chi connectivity index (χ0n) is 26.6. The molecule has 0 aliphatic carbocycles. The Balaban J connectivity index is 1.68. The number of aromatic nitrogens is 4. The number of fused-ring (bicyclic) bond motifs is 1. The normalized spacial score (nSPS) is 12.2. The lowest BCUT2D eigenvalue weighted by Crippen LogP contribution is -2.19. The van der Waals surface area contributed by atoms with E-state index in [0.717, 1.165) is 32.2 Å². The minimum absolute atomic E-state index is 0.0150. The largest absolute Gasteiger partial charge is 0.493 e. The van der Waals surface area contributed by atoms with Crippen LogP contribution in [0, 0.1) is 6.92 Å². The minimum Gasteiger partial charge on any atom is -0.493 e. The highest BCUT2D eigenvalue weighted by molar-refractivity contribution is 7.92. The van der Waals surface area contributed by atoms with E-state index >= 15 is 0 Å². The van der Waals surface area contributed by atoms with Gasteiger partial charge in [-0.05, 0) is 46.5 Å². The van der Waals surface area contributed by atoms with E-state index < -0.39 is 22.8 Å². The lowest BCUT2D eigenvalue weighted by Gasteiger charge is -2.17. The zero-order valence-corrected chi connectivity index (χ0v) is 27.5. The van der Waals surface area contributed by atoms with E-state index in [1.807, 2.05) is 14.1 Å². The molecule has 2 aromatic heterocycles. The summed E-state index contributed by atoms with van der Waals surface area (Å²) >= 11 is 0. The van der Waals surface area contributed by atoms with Gasteiger partial charge in [-0.1, -0.05) is 12.8 Å². The molecule has 16 heteroatoms. The van der Waals surface area contributed by atoms with Gasteiger partial charge in [-0.2, -0.15) is 18.3 Å². The lowest BCUT2D eigenvalue weighted by molar-refractivity contribution is -0.153. The van der Waals surface area contributed by atoms with E-state index in [0.29, 0.717) is 23.3 Å². The molecule has 4 rings (SSSR count). The lowest BCUT2D eigenvalue weighted by atomic mass is 10.2. The molecule has 0 spiro atoms. The van der Waals surface area contributed by atoms with Crippen molar-refractivity contribution in [2.45, 2.75) is 43.7 Å². The zero-order chi connectivity index (χ0) is 33.8. The van der Waals surface area contributed by atoms with Crippen molar-refractivity contribution in [2.75, 3.05) is 38.6 Å². The molecule has 12 nitrogen and oxygen atoms in total. The van der Waals surface area contributed by atoms with E-state index in [2.05, 4.69) is 14.7 Å². The number of benzene rings is 2. The van der Waals surface area contributed by atoms with E-state index in [1.165, 1.54) is 50.3 Å². The predicted molar refractivity (Wildman–Crippen MR) is 167 cm³/mol. The topological polar surface area (TPSA) is 122 Å². The molecule has 46 heavy (non-hydrogen) atoms. The van der Waals surface area contributed by atoms with Crippen LogP contribution in [0.2, 0.25) is 0 Å². The van der Waals surface area contributed by atoms with Gasteiger partial charge in [-0.25, -0.2) is 13.2 Å². The standard InChI is InChI=1S/C30H39F3N6O6S/c1-20-28(18-34-39(20)6)46(41,42)35-24-16-25-26(38(5)29(40)37(25)4)17-27(24)45-23-14-21(13-22(15-23)44-19-30(31,32)33)43-12-10-8-7-9-11-36(2)3/h13-18,35H,7-12,19H2,1-6H3. The second-order valence-corrected chi connectivity index (χ2v) is 12.9. The SMILES string of the molecule is Cc1c(S(=O)(=O)Nc2cc3c(cc2Oc2cc(OCCCCCCN(C)C)cc(OCC(F)(F)F)c2)n(C)c(=O)n3C)cnn1C. The first-order chi connectivity index (χ1) is 21.6. The Morgan fingerprint density at radius 2 is 1.50 bits per heavy atom. The molecule has 0 amide bonds. The van der Waals surface area contributed by atoms with E-state index in [4.69, 9.17) is 14.2 Å². The van der Waals surface area contributed by atoms with Crippen molar-refractivity contribution in [3.63, 3.8) is 0 Å². The van der Waals surface area contributed by atoms with Crippen molar-refractivity contribution >= 4 is 26.7 Å². The average molecular weight is 669 g/mol. The number of halogens is 3. The van der Waals surface area contributed by atoms with Crippen LogP contribution in [0.3, 0.4) is 0 Å². The van der Waals surface area contributed by atoms with Gasteiger partial charge in [-0.3, -0.25) is 18.5 Å². The first kappa shape index (κ1) is 34.7. The second kappa shape index (κ2) is 14.1. The number of aryl methyl sites for hydroxylation is 3. The molecule has 0 fully saturated rings. The van der Waals surface area contributed by atoms with Crippen molar-refractivity contribution in [1.29, 1.82) is 0 Å². The highest BCUT2D eigenvalue weighted by atomic mass is 32.2. The van der Waals surface area contributed by atoms with Crippen molar-refractivity contribution in [2.24, 2.45) is 21.1 Å². The highest BCUT2D eigenvalue weighted by Gasteiger charge is 2.29. The smallest absolute Gasteiger partial charge is 0.422 e. The number of anilines is 1. The van der Waals surface area contributed by atoms with Gasteiger partial charge in [0.15, 0.2) is 12.4 Å². The maximum Gasteiger partial charge on any atom is 0.422 e. The highest BCUT2D eigenvalue weighted by Crippen LogP contribution is 2.38. The molecule has 1 N–H and O–H groups in total. The van der Waals surface area contributed by atoms with E-state index in [9.17, 15) is 26.4 Å². The molecule has 0 bridgehead atoms. The number of rotatable bonds is 15. The van der Waals surface area contributed by atoms with Crippen LogP contribution in [0.1, 0.15) is 31.4 Å². The molecule has 0 radical (unpaired) electrons. The fourth-order valence-electron chi connectivity index (χ4n) is 4.77. The van der Waals surface area contributed by atoms with Gasteiger partial charge in [0.2, 0.25) is 0 Å². The number of ether oxygens (including phenoxy) is 3. The maximum atomic E-state index is 13.4. The number of nitrogens with one attached hydrogen (secondary N) is 1. The summed E-state index contributed by atoms with van der Waals surface area (Å²) in [6.07, 6.45) is 0.320. The van der Waals surface area contributed by atoms with Crippen LogP contribution in [0.4, 0.5) is 18.9 Å². The van der Waals surface area contributed by atoms with E-state index in [-0.39, 0.29) is 39.3 Å². The molecule has 4 aromatic rings. The third kappa shape index (κ3) is 8.54. The molecule has 252 valence electrons. The minimum atomic E-state index is -4.58. The third-order valence-corrected chi connectivity index (χ3v) is 8.82. The average Bonchev–Trinajstić information content (AvgIpc) is 3.41. The van der Waals surface area contributed by atoms with Gasteiger partial charge >= 0.3 is 11.9 Å². The maximum absolute atomic E-state index is 13.4. The Kier molecular flexibility index (Phi) is 10.6. The summed E-state index contributed by atoms with van der Waals surface area (Å²) in [4.78, 5) is 14.7. The van der Waals surface area contributed by atoms with Crippen LogP contribution < -0.4 is 24.6 Å². The number of sulfonamides is 1. The molecule has 2 aromatic carbocycles. The molecule has 0 aliphatic heterocycles. The number of nitrogens with zero attached hydrogens (tertiary/aromatic N) is 5. The van der Waals surface area contributed by atoms with Crippen LogP contribution in [0.25, 0.3) is 11.0 Å². The number of unbranched alkanes of at least 4 members (excludes halogenated alkanes) is 3. The fraction of sp³-hybridized carbons (Fsp3) is 0.467. The number of hydrogen-bond acceptors (Lipinski definition) is 8. The Labute approximate surface area is 265 Å². The summed E-state index contributed by atoms with van der Waals surface area (Å²) in [7, 11) is 4.54. The van der Waals surface area contributed by atoms with Gasteiger partial charge < -0.3 is 19.1 Å². The van der Waals surface area contributed by atoms with Crippen molar-refractivity contribution < 1.29 is 35.8 Å². The molecule has 0 atom stereocenters. The van der Waals surface area contributed by atoms with Crippen LogP contribution >= 0.6 is 0 Å². The van der Waals surface area contributed by atoms with Crippen LogP contribution in [0.5, 0.6) is 23.0 Å². The predicted octanol–water partition coefficient (Wildman–Crippen LogP) is 4.95. The number of alkyl halides is 3. The van der Waals surface area contributed by atoms with Crippen molar-refractivity contribution in [3.8, 4) is 23.0 Å². The Morgan fingerprint density at radius 1 is 0.891 bits per heavy atom. The van der Waals surface area contributed by atoms with Crippen LogP contribution in [-0.2, 0) is 31.2 Å². The van der Waals surface area contributed by atoms with Gasteiger partial charge in [0.25, 0.3) is 10.0 Å². The summed E-state index contributed by atoms with van der Waals surface area (Å²) < 4.78 is 89.5. The number of imidazole rings is 1. The summed E-state index contributed by atoms with van der Waals surface area (Å²) in [5.41, 5.74) is 0.857. The molecule has 0 aliphatic rings. The first-order valence-electron chi connectivity index (χ1n) is 14.6. The van der Waals surface area contributed by atoms with E-state index in [1.54, 1.807) is 28.1 Å². The summed E-state index contributed by atoms with van der Waals surface area (Å²) in [6.45, 7) is 1.36. The monoisotopic (exact) mass is 668 g/mol. The van der Waals surface area contributed by atoms with Gasteiger partial charge in [0.05, 0.1) is 35.2 Å². The quantitative estimate of drug-likeness (QED) is 0.177. The van der Waals surface area contributed by atoms with Gasteiger partial charge in [0.1, 0.15) is 22.1 Å². The molecule has 0 saturated heterocycles. The molecule has 0 saturated carbocycles. The Hall–Kier alpha value is -4.18. The van der Waals surface area contributed by atoms with Crippen LogP contribution in [0.15, 0.2) is 46.2 Å². The molecule has 2 heterocycles. The summed E-state index contributed by atoms with van der Waals surface area (Å²) in [5.74, 6) is 0.0685. The number of hydrogen-bond donors (Lipinski definition) is 1. The van der Waals surface area contributed by atoms with Gasteiger partial charge in [-0.15, -0.1) is 0 Å². The first-order valence-corrected chi connectivity index (χ1v) is 16.0. The molecular formula is C30H39F3N6O6S. The second-order valence-electron chi connectivity index (χ2n) is 11.3. The van der Waals surface area contributed by atoms with Crippen molar-refractivity contribution in [3.05, 3.63) is 52.7 Å². The van der Waals surface area contributed by atoms with Crippen molar-refractivity contribution in [1.82, 2.24) is 23.8 Å². The summed E-state index contributed by atoms with van der Waals surface area (Å²) in [5, 5.41) is 4.01. The Morgan fingerprint density at radius 3 is 2.11 bits per heavy atom. The summed E-state index contributed by atoms with van der Waals surface area (Å²) in [6, 6.07) is 6.99.